The van der Waals surface area contributed by atoms with Gasteiger partial charge in [0.1, 0.15) is 17.5 Å². The third-order valence-corrected chi connectivity index (χ3v) is 5.43. The van der Waals surface area contributed by atoms with Crippen LogP contribution in [0.3, 0.4) is 0 Å². The first-order valence-corrected chi connectivity index (χ1v) is 9.81. The van der Waals surface area contributed by atoms with Crippen LogP contribution in [0.15, 0.2) is 53.7 Å². The monoisotopic (exact) mass is 398 g/mol. The number of nitrogens with zero attached hydrogens (tertiary/aromatic N) is 1. The molecule has 1 aliphatic carbocycles. The van der Waals surface area contributed by atoms with Crippen LogP contribution in [0.25, 0.3) is 5.70 Å². The Morgan fingerprint density at radius 3 is 2.31 bits per heavy atom. The molecule has 1 saturated carbocycles. The fourth-order valence-corrected chi connectivity index (χ4v) is 3.66. The molecule has 0 radical (unpaired) electrons. The van der Waals surface area contributed by atoms with Crippen molar-refractivity contribution in [2.75, 3.05) is 0 Å². The van der Waals surface area contributed by atoms with Gasteiger partial charge in [-0.25, -0.2) is 13.2 Å². The van der Waals surface area contributed by atoms with E-state index in [2.05, 4.69) is 11.6 Å². The summed E-state index contributed by atoms with van der Waals surface area (Å²) in [6.45, 7) is 5.33. The number of hydrogen-bond acceptors (Lipinski definition) is 2. The molecule has 2 aromatic carbocycles. The lowest BCUT2D eigenvalue weighted by Gasteiger charge is -2.29. The van der Waals surface area contributed by atoms with Gasteiger partial charge in [-0.05, 0) is 67.9 Å². The Hall–Kier alpha value is -2.82. The van der Waals surface area contributed by atoms with Crippen LogP contribution in [0.2, 0.25) is 0 Å². The van der Waals surface area contributed by atoms with Crippen molar-refractivity contribution < 1.29 is 13.2 Å². The van der Waals surface area contributed by atoms with E-state index in [0.717, 1.165) is 24.8 Å². The molecular weight excluding hydrogens is 373 g/mol. The Morgan fingerprint density at radius 2 is 1.76 bits per heavy atom. The summed E-state index contributed by atoms with van der Waals surface area (Å²) in [5, 5.41) is 0. The molecule has 0 saturated heterocycles. The largest absolute Gasteiger partial charge is 0.398 e. The molecule has 0 atom stereocenters. The van der Waals surface area contributed by atoms with E-state index in [1.54, 1.807) is 19.1 Å². The number of aliphatic imine (C=N–C) groups is 1. The molecule has 0 heterocycles. The van der Waals surface area contributed by atoms with E-state index in [-0.39, 0.29) is 29.9 Å². The lowest BCUT2D eigenvalue weighted by molar-refractivity contribution is 0.414. The summed E-state index contributed by atoms with van der Waals surface area (Å²) >= 11 is 0. The van der Waals surface area contributed by atoms with Gasteiger partial charge in [0.25, 0.3) is 0 Å². The molecule has 0 spiro atoms. The molecule has 1 aliphatic rings. The second-order valence-electron chi connectivity index (χ2n) is 7.33. The molecule has 0 bridgehead atoms. The van der Waals surface area contributed by atoms with Crippen LogP contribution in [-0.2, 0) is 12.8 Å². The van der Waals surface area contributed by atoms with E-state index in [1.165, 1.54) is 24.4 Å². The Morgan fingerprint density at radius 1 is 1.10 bits per heavy atom. The number of rotatable bonds is 7. The van der Waals surface area contributed by atoms with Crippen molar-refractivity contribution >= 4 is 11.9 Å². The van der Waals surface area contributed by atoms with E-state index >= 15 is 4.39 Å². The maximum atomic E-state index is 15.6. The van der Waals surface area contributed by atoms with Crippen LogP contribution in [0, 0.1) is 17.5 Å². The van der Waals surface area contributed by atoms with Gasteiger partial charge in [0.05, 0.1) is 5.70 Å². The molecule has 0 aliphatic heterocycles. The van der Waals surface area contributed by atoms with Crippen LogP contribution >= 0.6 is 0 Å². The first-order chi connectivity index (χ1) is 13.9. The van der Waals surface area contributed by atoms with Crippen LogP contribution in [0.4, 0.5) is 13.2 Å². The molecule has 2 nitrogen and oxygen atoms in total. The number of hydrogen-bond donors (Lipinski definition) is 1. The number of benzene rings is 2. The zero-order chi connectivity index (χ0) is 21.0. The molecular formula is C24H25F3N2. The summed E-state index contributed by atoms with van der Waals surface area (Å²) < 4.78 is 43.7. The van der Waals surface area contributed by atoms with Crippen molar-refractivity contribution in [3.8, 4) is 0 Å². The maximum Gasteiger partial charge on any atom is 0.136 e. The van der Waals surface area contributed by atoms with Crippen LogP contribution < -0.4 is 5.73 Å². The minimum atomic E-state index is -0.605. The van der Waals surface area contributed by atoms with Gasteiger partial charge >= 0.3 is 0 Å². The standard InChI is InChI=1S/C24H25F3N2/c1-3-23(29-14-15(2)28)20-13-10-17(16-6-4-7-16)18(24(20)27)11-12-19-21(25)8-5-9-22(19)26/h3,5,8-10,13-14,16H,2,4,6-7,11-12,28H2,1H3/b23-3-,29-14?. The van der Waals surface area contributed by atoms with Crippen molar-refractivity contribution in [2.45, 2.75) is 44.9 Å². The quantitative estimate of drug-likeness (QED) is 0.566. The molecule has 152 valence electrons. The highest BCUT2D eigenvalue weighted by atomic mass is 19.1. The molecule has 29 heavy (non-hydrogen) atoms. The van der Waals surface area contributed by atoms with Crippen molar-refractivity contribution in [2.24, 2.45) is 10.7 Å². The van der Waals surface area contributed by atoms with Crippen molar-refractivity contribution in [3.63, 3.8) is 0 Å². The minimum Gasteiger partial charge on any atom is -0.398 e. The third-order valence-electron chi connectivity index (χ3n) is 5.43. The van der Waals surface area contributed by atoms with Gasteiger partial charge in [-0.15, -0.1) is 0 Å². The Kier molecular flexibility index (Phi) is 6.57. The molecule has 0 amide bonds. The van der Waals surface area contributed by atoms with Gasteiger partial charge in [0.2, 0.25) is 0 Å². The topological polar surface area (TPSA) is 38.4 Å². The Balaban J connectivity index is 1.99. The first-order valence-electron chi connectivity index (χ1n) is 9.81. The molecule has 1 fully saturated rings. The van der Waals surface area contributed by atoms with E-state index in [0.29, 0.717) is 22.7 Å². The normalized spacial score (nSPS) is 15.0. The van der Waals surface area contributed by atoms with Crippen molar-refractivity contribution in [1.82, 2.24) is 0 Å². The van der Waals surface area contributed by atoms with E-state index in [4.69, 9.17) is 5.73 Å². The van der Waals surface area contributed by atoms with Crippen LogP contribution in [0.1, 0.15) is 54.4 Å². The second-order valence-corrected chi connectivity index (χ2v) is 7.33. The molecule has 0 aromatic heterocycles. The smallest absolute Gasteiger partial charge is 0.136 e. The predicted octanol–water partition coefficient (Wildman–Crippen LogP) is 6.06. The highest BCUT2D eigenvalue weighted by Gasteiger charge is 2.26. The van der Waals surface area contributed by atoms with Crippen molar-refractivity contribution in [1.29, 1.82) is 0 Å². The first kappa shape index (κ1) is 20.9. The summed E-state index contributed by atoms with van der Waals surface area (Å²) in [6, 6.07) is 7.43. The number of halogens is 3. The molecule has 0 unspecified atom stereocenters. The average molecular weight is 398 g/mol. The van der Waals surface area contributed by atoms with Gasteiger partial charge in [0.15, 0.2) is 0 Å². The number of allylic oxidation sites excluding steroid dienone is 2. The van der Waals surface area contributed by atoms with Gasteiger partial charge in [-0.1, -0.05) is 31.2 Å². The molecule has 2 N–H and O–H groups in total. The zero-order valence-electron chi connectivity index (χ0n) is 16.5. The highest BCUT2D eigenvalue weighted by Crippen LogP contribution is 2.40. The third kappa shape index (κ3) is 4.61. The van der Waals surface area contributed by atoms with Gasteiger partial charge < -0.3 is 5.73 Å². The summed E-state index contributed by atoms with van der Waals surface area (Å²) in [6.07, 6.45) is 6.49. The molecule has 2 aromatic rings. The van der Waals surface area contributed by atoms with Gasteiger partial charge in [-0.3, -0.25) is 4.99 Å². The zero-order valence-corrected chi connectivity index (χ0v) is 16.5. The lowest BCUT2D eigenvalue weighted by atomic mass is 9.76. The van der Waals surface area contributed by atoms with Gasteiger partial charge in [-0.2, -0.15) is 0 Å². The van der Waals surface area contributed by atoms with Crippen LogP contribution in [-0.4, -0.2) is 6.21 Å². The molecule has 3 rings (SSSR count). The summed E-state index contributed by atoms with van der Waals surface area (Å²) in [5.41, 5.74) is 8.01. The summed E-state index contributed by atoms with van der Waals surface area (Å²) in [7, 11) is 0. The van der Waals surface area contributed by atoms with E-state index in [1.807, 2.05) is 6.07 Å². The van der Waals surface area contributed by atoms with Crippen molar-refractivity contribution in [3.05, 3.63) is 88.4 Å². The fraction of sp³-hybridized carbons (Fsp3) is 0.292. The maximum absolute atomic E-state index is 15.6. The Bertz CT molecular complexity index is 952. The summed E-state index contributed by atoms with van der Waals surface area (Å²) in [4.78, 5) is 4.22. The lowest BCUT2D eigenvalue weighted by Crippen LogP contribution is -2.14. The van der Waals surface area contributed by atoms with E-state index < -0.39 is 11.6 Å². The summed E-state index contributed by atoms with van der Waals surface area (Å²) in [5.74, 6) is -1.31. The van der Waals surface area contributed by atoms with Crippen LogP contribution in [0.5, 0.6) is 0 Å². The highest BCUT2D eigenvalue weighted by molar-refractivity contribution is 5.83. The molecule has 5 heteroatoms. The minimum absolute atomic E-state index is 0.0134. The predicted molar refractivity (Wildman–Crippen MR) is 112 cm³/mol. The Labute approximate surface area is 169 Å². The van der Waals surface area contributed by atoms with Gasteiger partial charge in [0, 0.05) is 23.0 Å². The SMILES string of the molecule is C=C(N)C=N/C(=C\C)c1ccc(C2CCC2)c(CCc2c(F)cccc2F)c1F. The average Bonchev–Trinajstić information content (AvgIpc) is 2.63. The fourth-order valence-electron chi connectivity index (χ4n) is 3.66. The number of nitrogens with two attached hydrogens (primary N) is 1. The van der Waals surface area contributed by atoms with E-state index in [9.17, 15) is 8.78 Å². The second kappa shape index (κ2) is 9.12.